The number of carbonyl (C=O) groups excluding carboxylic acids is 2. The van der Waals surface area contributed by atoms with Crippen molar-refractivity contribution in [1.82, 2.24) is 24.4 Å². The molecule has 2 N–H and O–H groups in total. The summed E-state index contributed by atoms with van der Waals surface area (Å²) in [7, 11) is 3.81. The Balaban J connectivity index is 1.62. The van der Waals surface area contributed by atoms with Crippen molar-refractivity contribution in [3.8, 4) is 5.75 Å². The van der Waals surface area contributed by atoms with Crippen molar-refractivity contribution in [2.75, 3.05) is 63.2 Å². The summed E-state index contributed by atoms with van der Waals surface area (Å²) in [6.07, 6.45) is 1.60. The van der Waals surface area contributed by atoms with Gasteiger partial charge in [-0.3, -0.25) is 9.59 Å². The number of fused-ring (bicyclic) bond motifs is 2. The number of hydrogen-bond acceptors (Lipinski definition) is 8. The highest BCUT2D eigenvalue weighted by molar-refractivity contribution is 5.97. The van der Waals surface area contributed by atoms with E-state index in [9.17, 15) is 9.59 Å². The van der Waals surface area contributed by atoms with Gasteiger partial charge in [0.15, 0.2) is 5.65 Å². The van der Waals surface area contributed by atoms with Crippen LogP contribution in [0.3, 0.4) is 0 Å². The number of likely N-dealkylation sites (N-methyl/N-ethyl adjacent to an activating group) is 1. The number of anilines is 2. The quantitative estimate of drug-likeness (QED) is 0.520. The number of nitrogens with zero attached hydrogens (tertiary/aromatic N) is 7. The fourth-order valence-corrected chi connectivity index (χ4v) is 5.58. The fraction of sp³-hybridized carbons (Fsp3) is 0.517. The van der Waals surface area contributed by atoms with Crippen molar-refractivity contribution in [3.63, 3.8) is 0 Å². The zero-order valence-electron chi connectivity index (χ0n) is 24.1. The Kier molecular flexibility index (Phi) is 7.84. The molecule has 1 saturated heterocycles. The minimum Gasteiger partial charge on any atom is -0.491 e. The van der Waals surface area contributed by atoms with Gasteiger partial charge in [0.1, 0.15) is 24.0 Å². The van der Waals surface area contributed by atoms with Crippen LogP contribution in [0.5, 0.6) is 5.75 Å². The topological polar surface area (TPSA) is 113 Å². The van der Waals surface area contributed by atoms with Gasteiger partial charge in [0.25, 0.3) is 5.91 Å². The molecule has 2 aliphatic heterocycles. The van der Waals surface area contributed by atoms with Crippen LogP contribution >= 0.6 is 0 Å². The number of carbonyl (C=O) groups is 2. The highest BCUT2D eigenvalue weighted by atomic mass is 16.5. The van der Waals surface area contributed by atoms with E-state index >= 15 is 0 Å². The molecule has 2 amide bonds. The van der Waals surface area contributed by atoms with Crippen molar-refractivity contribution < 1.29 is 14.3 Å². The zero-order chi connectivity index (χ0) is 28.6. The molecule has 2 aliphatic rings. The van der Waals surface area contributed by atoms with Gasteiger partial charge >= 0.3 is 0 Å². The summed E-state index contributed by atoms with van der Waals surface area (Å²) in [5, 5.41) is 4.98. The standard InChI is InChI=1S/C29H40N8O3/c1-6-24-23-16-27-31-26(36-10-9-21(30)18-36)17-28(37(27)32-23)33(4)11-12-35(20(3)38)13-14-40-25-8-7-19(2)15-22(25)29(39)34(24)5/h7-8,15-17,21,24H,6,9-14,18,30H2,1-5H3. The lowest BCUT2D eigenvalue weighted by molar-refractivity contribution is -0.129. The Morgan fingerprint density at radius 3 is 2.62 bits per heavy atom. The maximum Gasteiger partial charge on any atom is 0.257 e. The van der Waals surface area contributed by atoms with Crippen LogP contribution in [-0.2, 0) is 4.79 Å². The van der Waals surface area contributed by atoms with E-state index in [1.54, 1.807) is 16.7 Å². The van der Waals surface area contributed by atoms with Crippen LogP contribution < -0.4 is 20.3 Å². The maximum atomic E-state index is 13.9. The smallest absolute Gasteiger partial charge is 0.257 e. The molecule has 11 nitrogen and oxygen atoms in total. The fourth-order valence-electron chi connectivity index (χ4n) is 5.58. The van der Waals surface area contributed by atoms with Gasteiger partial charge in [-0.05, 0) is 31.9 Å². The van der Waals surface area contributed by atoms with Crippen LogP contribution in [0.25, 0.3) is 5.65 Å². The van der Waals surface area contributed by atoms with Crippen LogP contribution in [0.15, 0.2) is 30.3 Å². The van der Waals surface area contributed by atoms with E-state index < -0.39 is 0 Å². The van der Waals surface area contributed by atoms with Gasteiger partial charge in [-0.25, -0.2) is 4.98 Å². The van der Waals surface area contributed by atoms with Gasteiger partial charge in [-0.2, -0.15) is 9.61 Å². The molecular weight excluding hydrogens is 508 g/mol. The Labute approximate surface area is 235 Å². The summed E-state index contributed by atoms with van der Waals surface area (Å²) in [4.78, 5) is 39.1. The normalized spacial score (nSPS) is 20.8. The number of ether oxygens (including phenoxy) is 1. The molecule has 11 heteroatoms. The largest absolute Gasteiger partial charge is 0.491 e. The molecule has 214 valence electrons. The zero-order valence-corrected chi connectivity index (χ0v) is 24.1. The lowest BCUT2D eigenvalue weighted by Gasteiger charge is -2.28. The highest BCUT2D eigenvalue weighted by Gasteiger charge is 2.28. The molecule has 1 fully saturated rings. The van der Waals surface area contributed by atoms with Gasteiger partial charge < -0.3 is 30.1 Å². The number of nitrogens with two attached hydrogens (primary N) is 1. The van der Waals surface area contributed by atoms with Gasteiger partial charge in [0.2, 0.25) is 5.91 Å². The molecule has 5 rings (SSSR count). The van der Waals surface area contributed by atoms with Gasteiger partial charge in [-0.15, -0.1) is 0 Å². The molecule has 0 saturated carbocycles. The lowest BCUT2D eigenvalue weighted by atomic mass is 10.1. The third-order valence-electron chi connectivity index (χ3n) is 8.00. The highest BCUT2D eigenvalue weighted by Crippen LogP contribution is 2.31. The van der Waals surface area contributed by atoms with Gasteiger partial charge in [0, 0.05) is 65.4 Å². The summed E-state index contributed by atoms with van der Waals surface area (Å²) in [5.74, 6) is 2.05. The summed E-state index contributed by atoms with van der Waals surface area (Å²) >= 11 is 0. The number of rotatable bonds is 2. The molecule has 2 unspecified atom stereocenters. The summed E-state index contributed by atoms with van der Waals surface area (Å²) in [6, 6.07) is 9.50. The van der Waals surface area contributed by atoms with E-state index in [0.29, 0.717) is 43.0 Å². The van der Waals surface area contributed by atoms with Crippen molar-refractivity contribution in [2.45, 2.75) is 45.7 Å². The molecule has 1 aromatic carbocycles. The Morgan fingerprint density at radius 1 is 1.12 bits per heavy atom. The predicted octanol–water partition coefficient (Wildman–Crippen LogP) is 2.48. The average Bonchev–Trinajstić information content (AvgIpc) is 3.55. The molecule has 3 aromatic rings. The van der Waals surface area contributed by atoms with E-state index in [0.717, 1.165) is 42.4 Å². The third-order valence-corrected chi connectivity index (χ3v) is 8.00. The first-order chi connectivity index (χ1) is 19.2. The molecular formula is C29H40N8O3. The van der Waals surface area contributed by atoms with E-state index in [1.807, 2.05) is 55.9 Å². The van der Waals surface area contributed by atoms with E-state index in [4.69, 9.17) is 20.6 Å². The van der Waals surface area contributed by atoms with Crippen molar-refractivity contribution in [1.29, 1.82) is 0 Å². The van der Waals surface area contributed by atoms with E-state index in [1.165, 1.54) is 0 Å². The van der Waals surface area contributed by atoms with Gasteiger partial charge in [-0.1, -0.05) is 18.6 Å². The van der Waals surface area contributed by atoms with Crippen LogP contribution in [-0.4, -0.2) is 95.7 Å². The Morgan fingerprint density at radius 2 is 1.93 bits per heavy atom. The molecule has 0 aliphatic carbocycles. The molecule has 4 heterocycles. The Hall–Kier alpha value is -3.86. The van der Waals surface area contributed by atoms with Crippen LogP contribution in [0.2, 0.25) is 0 Å². The van der Waals surface area contributed by atoms with Crippen LogP contribution in [0, 0.1) is 6.92 Å². The molecule has 2 aromatic heterocycles. The first kappa shape index (κ1) is 27.7. The molecule has 0 spiro atoms. The van der Waals surface area contributed by atoms with Gasteiger partial charge in [0.05, 0.1) is 23.8 Å². The summed E-state index contributed by atoms with van der Waals surface area (Å²) in [5.41, 5.74) is 9.16. The summed E-state index contributed by atoms with van der Waals surface area (Å²) < 4.78 is 7.95. The number of aryl methyl sites for hydroxylation is 1. The predicted molar refractivity (Wildman–Crippen MR) is 155 cm³/mol. The maximum absolute atomic E-state index is 13.9. The second-order valence-corrected chi connectivity index (χ2v) is 10.9. The van der Waals surface area contributed by atoms with E-state index in [-0.39, 0.29) is 30.5 Å². The number of aromatic nitrogens is 3. The molecule has 2 bridgehead atoms. The van der Waals surface area contributed by atoms with Crippen molar-refractivity contribution in [2.24, 2.45) is 5.73 Å². The summed E-state index contributed by atoms with van der Waals surface area (Å²) in [6.45, 7) is 8.97. The van der Waals surface area contributed by atoms with E-state index in [2.05, 4.69) is 16.7 Å². The number of hydrogen-bond donors (Lipinski definition) is 1. The number of benzene rings is 1. The minimum atomic E-state index is -0.259. The monoisotopic (exact) mass is 548 g/mol. The Bertz CT molecular complexity index is 1410. The first-order valence-electron chi connectivity index (χ1n) is 14.0. The average molecular weight is 549 g/mol. The van der Waals surface area contributed by atoms with Crippen LogP contribution in [0.1, 0.15) is 54.3 Å². The molecule has 0 radical (unpaired) electrons. The lowest BCUT2D eigenvalue weighted by Crippen LogP contribution is -2.39. The second-order valence-electron chi connectivity index (χ2n) is 10.9. The minimum absolute atomic E-state index is 0.0307. The second kappa shape index (κ2) is 11.3. The molecule has 40 heavy (non-hydrogen) atoms. The van der Waals surface area contributed by atoms with Crippen molar-refractivity contribution >= 4 is 29.1 Å². The first-order valence-corrected chi connectivity index (χ1v) is 14.0. The SMILES string of the molecule is CCC1c2cc3nc(N4CCC(N)C4)cc(n3n2)N(C)CCN(C(C)=O)CCOc2ccc(C)cc2C(=O)N1C. The molecule has 2 atom stereocenters. The third kappa shape index (κ3) is 5.42. The number of amides is 2. The van der Waals surface area contributed by atoms with Crippen molar-refractivity contribution in [3.05, 3.63) is 47.2 Å². The van der Waals surface area contributed by atoms with Crippen LogP contribution in [0.4, 0.5) is 11.6 Å².